The first-order chi connectivity index (χ1) is 9.74. The first-order valence-corrected chi connectivity index (χ1v) is 6.97. The maximum absolute atomic E-state index is 6.13. The first-order valence-electron chi connectivity index (χ1n) is 6.97. The van der Waals surface area contributed by atoms with Gasteiger partial charge in [-0.1, -0.05) is 32.0 Å². The van der Waals surface area contributed by atoms with Gasteiger partial charge < -0.3 is 15.0 Å². The molecule has 2 rings (SSSR count). The Balaban J connectivity index is 2.45. The van der Waals surface area contributed by atoms with E-state index < -0.39 is 0 Å². The second-order valence-electron chi connectivity index (χ2n) is 6.48. The maximum atomic E-state index is 6.13. The van der Waals surface area contributed by atoms with Crippen molar-refractivity contribution in [2.24, 2.45) is 5.41 Å². The van der Waals surface area contributed by atoms with Crippen LogP contribution < -0.4 is 5.73 Å². The number of benzene rings is 1. The summed E-state index contributed by atoms with van der Waals surface area (Å²) in [5, 5.41) is 4.06. The third-order valence-electron chi connectivity index (χ3n) is 3.46. The number of rotatable bonds is 3. The molecule has 5 nitrogen and oxygen atoms in total. The van der Waals surface area contributed by atoms with Crippen LogP contribution >= 0.6 is 0 Å². The van der Waals surface area contributed by atoms with Crippen molar-refractivity contribution >= 4 is 5.69 Å². The third kappa shape index (κ3) is 3.08. The Morgan fingerprint density at radius 3 is 2.48 bits per heavy atom. The molecule has 1 aromatic heterocycles. The van der Waals surface area contributed by atoms with E-state index in [0.29, 0.717) is 17.4 Å². The summed E-state index contributed by atoms with van der Waals surface area (Å²) >= 11 is 0. The van der Waals surface area contributed by atoms with E-state index in [4.69, 9.17) is 15.0 Å². The molecular formula is C16H23N3O2. The van der Waals surface area contributed by atoms with Crippen molar-refractivity contribution < 1.29 is 9.26 Å². The average Bonchev–Trinajstić information content (AvgIpc) is 2.82. The van der Waals surface area contributed by atoms with Gasteiger partial charge in [0.05, 0.1) is 5.56 Å². The Bertz CT molecular complexity index is 641. The number of anilines is 1. The molecule has 2 aromatic rings. The van der Waals surface area contributed by atoms with Gasteiger partial charge in [-0.25, -0.2) is 0 Å². The van der Waals surface area contributed by atoms with Gasteiger partial charge >= 0.3 is 0 Å². The molecule has 0 fully saturated rings. The summed E-state index contributed by atoms with van der Waals surface area (Å²) < 4.78 is 10.9. The van der Waals surface area contributed by atoms with Crippen molar-refractivity contribution in [2.45, 2.75) is 40.7 Å². The van der Waals surface area contributed by atoms with E-state index in [1.54, 1.807) is 7.11 Å². The van der Waals surface area contributed by atoms with Crippen LogP contribution in [0.5, 0.6) is 0 Å². The largest absolute Gasteiger partial charge is 0.398 e. The van der Waals surface area contributed by atoms with Crippen molar-refractivity contribution in [1.82, 2.24) is 10.1 Å². The van der Waals surface area contributed by atoms with E-state index in [1.807, 2.05) is 26.0 Å². The molecule has 0 saturated heterocycles. The molecule has 0 aliphatic heterocycles. The van der Waals surface area contributed by atoms with Gasteiger partial charge in [-0.2, -0.15) is 4.98 Å². The lowest BCUT2D eigenvalue weighted by Gasteiger charge is -2.26. The molecule has 0 saturated carbocycles. The number of nitrogens with zero attached hydrogens (tertiary/aromatic N) is 2. The van der Waals surface area contributed by atoms with Gasteiger partial charge in [-0.15, -0.1) is 0 Å². The van der Waals surface area contributed by atoms with Crippen molar-refractivity contribution in [3.8, 4) is 11.5 Å². The summed E-state index contributed by atoms with van der Waals surface area (Å²) in [7, 11) is 1.65. The lowest BCUT2D eigenvalue weighted by atomic mass is 9.88. The molecule has 0 aliphatic rings. The predicted octanol–water partition coefficient (Wildman–Crippen LogP) is 3.67. The second kappa shape index (κ2) is 5.48. The van der Waals surface area contributed by atoms with Crippen LogP contribution in [0.4, 0.5) is 5.69 Å². The Kier molecular flexibility index (Phi) is 4.05. The van der Waals surface area contributed by atoms with E-state index in [0.717, 1.165) is 16.7 Å². The summed E-state index contributed by atoms with van der Waals surface area (Å²) in [6, 6.07) is 3.99. The number of nitrogen functional groups attached to an aromatic ring is 1. The molecule has 1 atom stereocenters. The molecule has 1 unspecified atom stereocenters. The molecule has 1 heterocycles. The molecule has 21 heavy (non-hydrogen) atoms. The van der Waals surface area contributed by atoms with Crippen molar-refractivity contribution in [3.63, 3.8) is 0 Å². The Morgan fingerprint density at radius 1 is 1.24 bits per heavy atom. The van der Waals surface area contributed by atoms with Gasteiger partial charge in [0.2, 0.25) is 5.82 Å². The smallest absolute Gasteiger partial charge is 0.260 e. The normalized spacial score (nSPS) is 13.4. The number of nitrogens with two attached hydrogens (primary N) is 1. The molecule has 114 valence electrons. The van der Waals surface area contributed by atoms with Crippen LogP contribution in [-0.2, 0) is 4.74 Å². The monoisotopic (exact) mass is 289 g/mol. The topological polar surface area (TPSA) is 74.2 Å². The van der Waals surface area contributed by atoms with Gasteiger partial charge in [0.1, 0.15) is 6.10 Å². The highest BCUT2D eigenvalue weighted by molar-refractivity contribution is 5.74. The van der Waals surface area contributed by atoms with E-state index in [1.165, 1.54) is 0 Å². The first kappa shape index (κ1) is 15.5. The van der Waals surface area contributed by atoms with Crippen LogP contribution in [0.25, 0.3) is 11.5 Å². The number of ether oxygens (including phenoxy) is 1. The number of aryl methyl sites for hydroxylation is 2. The van der Waals surface area contributed by atoms with Crippen molar-refractivity contribution in [2.75, 3.05) is 12.8 Å². The SMILES string of the molecule is COC(c1noc(-c2cc(C)cc(C)c2N)n1)C(C)(C)C. The summed E-state index contributed by atoms with van der Waals surface area (Å²) in [5.41, 5.74) is 9.56. The predicted molar refractivity (Wildman–Crippen MR) is 82.8 cm³/mol. The van der Waals surface area contributed by atoms with Crippen LogP contribution in [0.3, 0.4) is 0 Å². The van der Waals surface area contributed by atoms with Crippen LogP contribution in [0.15, 0.2) is 16.7 Å². The van der Waals surface area contributed by atoms with Crippen LogP contribution in [-0.4, -0.2) is 17.3 Å². The van der Waals surface area contributed by atoms with E-state index in [2.05, 4.69) is 30.9 Å². The van der Waals surface area contributed by atoms with E-state index in [-0.39, 0.29) is 11.5 Å². The number of hydrogen-bond donors (Lipinski definition) is 1. The van der Waals surface area contributed by atoms with Gasteiger partial charge in [0.15, 0.2) is 0 Å². The molecule has 1 aromatic carbocycles. The van der Waals surface area contributed by atoms with Crippen LogP contribution in [0.2, 0.25) is 0 Å². The highest BCUT2D eigenvalue weighted by atomic mass is 16.5. The summed E-state index contributed by atoms with van der Waals surface area (Å²) in [6.07, 6.45) is -0.234. The molecule has 0 bridgehead atoms. The quantitative estimate of drug-likeness (QED) is 0.873. The molecule has 0 spiro atoms. The van der Waals surface area contributed by atoms with Crippen molar-refractivity contribution in [1.29, 1.82) is 0 Å². The zero-order chi connectivity index (χ0) is 15.8. The molecule has 2 N–H and O–H groups in total. The molecule has 0 radical (unpaired) electrons. The minimum Gasteiger partial charge on any atom is -0.398 e. The average molecular weight is 289 g/mol. The maximum Gasteiger partial charge on any atom is 0.260 e. The molecule has 0 amide bonds. The second-order valence-corrected chi connectivity index (χ2v) is 6.48. The van der Waals surface area contributed by atoms with Crippen molar-refractivity contribution in [3.05, 3.63) is 29.1 Å². The third-order valence-corrected chi connectivity index (χ3v) is 3.46. The number of hydrogen-bond acceptors (Lipinski definition) is 5. The fourth-order valence-electron chi connectivity index (χ4n) is 2.45. The number of aromatic nitrogens is 2. The molecule has 0 aliphatic carbocycles. The van der Waals surface area contributed by atoms with Gasteiger partial charge in [-0.05, 0) is 36.5 Å². The minimum atomic E-state index is -0.234. The lowest BCUT2D eigenvalue weighted by molar-refractivity contribution is 0.00718. The number of methoxy groups -OCH3 is 1. The zero-order valence-electron chi connectivity index (χ0n) is 13.5. The summed E-state index contributed by atoms with van der Waals surface area (Å²) in [4.78, 5) is 4.48. The Hall–Kier alpha value is -1.88. The van der Waals surface area contributed by atoms with Gasteiger partial charge in [-0.3, -0.25) is 0 Å². The standard InChI is InChI=1S/C16H23N3O2/c1-9-7-10(2)12(17)11(8-9)15-18-14(19-21-15)13(20-6)16(3,4)5/h7-8,13H,17H2,1-6H3. The summed E-state index contributed by atoms with van der Waals surface area (Å²) in [6.45, 7) is 10.2. The Labute approximate surface area is 125 Å². The zero-order valence-corrected chi connectivity index (χ0v) is 13.5. The molecular weight excluding hydrogens is 266 g/mol. The van der Waals surface area contributed by atoms with Crippen LogP contribution in [0, 0.1) is 19.3 Å². The fraction of sp³-hybridized carbons (Fsp3) is 0.500. The van der Waals surface area contributed by atoms with Gasteiger partial charge in [0, 0.05) is 12.8 Å². The highest BCUT2D eigenvalue weighted by Crippen LogP contribution is 2.36. The van der Waals surface area contributed by atoms with Gasteiger partial charge in [0.25, 0.3) is 5.89 Å². The van der Waals surface area contributed by atoms with E-state index >= 15 is 0 Å². The lowest BCUT2D eigenvalue weighted by Crippen LogP contribution is -2.21. The fourth-order valence-corrected chi connectivity index (χ4v) is 2.45. The highest BCUT2D eigenvalue weighted by Gasteiger charge is 2.31. The minimum absolute atomic E-state index is 0.121. The van der Waals surface area contributed by atoms with Crippen LogP contribution in [0.1, 0.15) is 43.8 Å². The molecule has 5 heteroatoms. The summed E-state index contributed by atoms with van der Waals surface area (Å²) in [5.74, 6) is 0.971. The Morgan fingerprint density at radius 2 is 1.90 bits per heavy atom. The van der Waals surface area contributed by atoms with E-state index in [9.17, 15) is 0 Å².